The van der Waals surface area contributed by atoms with E-state index in [1.807, 2.05) is 53.8 Å². The molecular weight excluding hydrogens is 811 g/mol. The van der Waals surface area contributed by atoms with Crippen molar-refractivity contribution < 1.29 is 4.42 Å². The molecule has 0 spiro atoms. The predicted octanol–water partition coefficient (Wildman–Crippen LogP) is 15.4. The highest BCUT2D eigenvalue weighted by molar-refractivity contribution is 7.26. The van der Waals surface area contributed by atoms with Crippen LogP contribution in [0.3, 0.4) is 0 Å². The van der Waals surface area contributed by atoms with Crippen LogP contribution in [0, 0.1) is 0 Å². The zero-order valence-corrected chi connectivity index (χ0v) is 35.0. The number of fused-ring (bicyclic) bond motifs is 9. The van der Waals surface area contributed by atoms with Crippen LogP contribution in [0.5, 0.6) is 0 Å². The van der Waals surface area contributed by atoms with Gasteiger partial charge in [-0.3, -0.25) is 0 Å². The standard InChI is InChI=1S/C55H31N5OS2/c1-3-15-32(16-4-1)47-51-48(39-22-8-10-30-45(39)63-51)57-55(56-47)42-27-13-25-40-46-41(26-14-28-43(46)61-49(40)42)54-59-52(33-17-5-2-6-18-33)58-53(60-54)35-20-11-19-34(31-35)36-23-12-24-38-37-21-7-9-29-44(37)62-50(36)38/h1-31H/p+1. The van der Waals surface area contributed by atoms with E-state index in [0.717, 1.165) is 76.6 Å². The maximum absolute atomic E-state index is 5.31. The molecule has 0 saturated heterocycles. The van der Waals surface area contributed by atoms with Crippen molar-refractivity contribution in [2.45, 2.75) is 0 Å². The van der Waals surface area contributed by atoms with Gasteiger partial charge in [0.05, 0.1) is 26.7 Å². The van der Waals surface area contributed by atoms with Crippen LogP contribution in [0.4, 0.5) is 0 Å². The van der Waals surface area contributed by atoms with Gasteiger partial charge >= 0.3 is 0 Å². The zero-order valence-electron chi connectivity index (χ0n) is 33.4. The van der Waals surface area contributed by atoms with Crippen LogP contribution in [-0.4, -0.2) is 24.9 Å². The second-order valence-electron chi connectivity index (χ2n) is 15.6. The average Bonchev–Trinajstić information content (AvgIpc) is 4.06. The molecule has 13 aromatic rings. The minimum Gasteiger partial charge on any atom is -0.545 e. The van der Waals surface area contributed by atoms with Gasteiger partial charge in [-0.2, -0.15) is 0 Å². The van der Waals surface area contributed by atoms with Crippen molar-refractivity contribution in [2.75, 3.05) is 0 Å². The van der Waals surface area contributed by atoms with Crippen molar-refractivity contribution in [2.24, 2.45) is 0 Å². The highest BCUT2D eigenvalue weighted by atomic mass is 32.1. The molecule has 5 aromatic heterocycles. The number of furan rings is 1. The number of para-hydroxylation sites is 1. The minimum absolute atomic E-state index is 0.579. The molecule has 0 radical (unpaired) electrons. The Balaban J connectivity index is 0.995. The van der Waals surface area contributed by atoms with Gasteiger partial charge in [0.1, 0.15) is 5.56 Å². The van der Waals surface area contributed by atoms with Crippen molar-refractivity contribution in [1.82, 2.24) is 24.9 Å². The molecule has 0 unspecified atom stereocenters. The van der Waals surface area contributed by atoms with Crippen LogP contribution in [-0.2, 0) is 0 Å². The van der Waals surface area contributed by atoms with Crippen LogP contribution in [0.15, 0.2) is 192 Å². The Morgan fingerprint density at radius 3 is 1.73 bits per heavy atom. The summed E-state index contributed by atoms with van der Waals surface area (Å²) in [6.07, 6.45) is 0. The Hall–Kier alpha value is -7.91. The zero-order chi connectivity index (χ0) is 41.4. The fourth-order valence-electron chi connectivity index (χ4n) is 8.91. The summed E-state index contributed by atoms with van der Waals surface area (Å²) in [6, 6.07) is 65.2. The number of hydrogen-bond acceptors (Lipinski definition) is 7. The third kappa shape index (κ3) is 5.87. The largest absolute Gasteiger partial charge is 0.545 e. The van der Waals surface area contributed by atoms with Crippen LogP contribution in [0.25, 0.3) is 130 Å². The van der Waals surface area contributed by atoms with E-state index in [1.165, 1.54) is 30.4 Å². The minimum atomic E-state index is 0.579. The number of rotatable bonds is 6. The first-order valence-corrected chi connectivity index (χ1v) is 22.4. The van der Waals surface area contributed by atoms with E-state index in [-0.39, 0.29) is 0 Å². The first-order valence-electron chi connectivity index (χ1n) is 20.8. The molecule has 0 aliphatic heterocycles. The highest BCUT2D eigenvalue weighted by Crippen LogP contribution is 2.44. The third-order valence-electron chi connectivity index (χ3n) is 11.8. The van der Waals surface area contributed by atoms with Gasteiger partial charge in [0.15, 0.2) is 23.3 Å². The molecule has 0 aliphatic carbocycles. The summed E-state index contributed by atoms with van der Waals surface area (Å²) >= 11 is 3.57. The van der Waals surface area contributed by atoms with Crippen LogP contribution in [0.2, 0.25) is 0 Å². The van der Waals surface area contributed by atoms with Crippen molar-refractivity contribution in [3.05, 3.63) is 188 Å². The third-order valence-corrected chi connectivity index (χ3v) is 14.2. The first kappa shape index (κ1) is 35.8. The lowest BCUT2D eigenvalue weighted by molar-refractivity contribution is 0.669. The molecule has 6 nitrogen and oxygen atoms in total. The summed E-state index contributed by atoms with van der Waals surface area (Å²) in [5.41, 5.74) is 10.5. The summed E-state index contributed by atoms with van der Waals surface area (Å²) in [4.78, 5) is 26.2. The predicted molar refractivity (Wildman–Crippen MR) is 262 cm³/mol. The number of hydrogen-bond donors (Lipinski definition) is 0. The van der Waals surface area contributed by atoms with Gasteiger partial charge in [-0.1, -0.05) is 146 Å². The normalized spacial score (nSPS) is 11.8. The van der Waals surface area contributed by atoms with E-state index in [0.29, 0.717) is 23.3 Å². The van der Waals surface area contributed by atoms with Gasteiger partial charge in [0.25, 0.3) is 11.2 Å². The summed E-state index contributed by atoms with van der Waals surface area (Å²) in [5.74, 6) is 2.42. The molecule has 0 atom stereocenters. The van der Waals surface area contributed by atoms with E-state index in [1.54, 1.807) is 11.3 Å². The van der Waals surface area contributed by atoms with Gasteiger partial charge in [0.2, 0.25) is 0 Å². The van der Waals surface area contributed by atoms with Crippen molar-refractivity contribution >= 4 is 85.1 Å². The monoisotopic (exact) mass is 842 g/mol. The fraction of sp³-hybridized carbons (Fsp3) is 0. The number of benzene rings is 8. The Kier molecular flexibility index (Phi) is 8.15. The van der Waals surface area contributed by atoms with Crippen molar-refractivity contribution in [1.29, 1.82) is 0 Å². The molecule has 8 aromatic carbocycles. The maximum atomic E-state index is 5.31. The topological polar surface area (TPSA) is 77.2 Å². The van der Waals surface area contributed by atoms with Gasteiger partial charge < -0.3 is 4.42 Å². The lowest BCUT2D eigenvalue weighted by Gasteiger charge is -2.10. The Morgan fingerprint density at radius 2 is 0.905 bits per heavy atom. The molecule has 5 heterocycles. The quantitative estimate of drug-likeness (QED) is 0.156. The summed E-state index contributed by atoms with van der Waals surface area (Å²) in [6.45, 7) is 0. The molecule has 294 valence electrons. The van der Waals surface area contributed by atoms with Crippen LogP contribution >= 0.6 is 22.7 Å². The lowest BCUT2D eigenvalue weighted by atomic mass is 10.0. The Bertz CT molecular complexity index is 3930. The van der Waals surface area contributed by atoms with Crippen molar-refractivity contribution in [3.8, 4) is 67.9 Å². The second-order valence-corrected chi connectivity index (χ2v) is 17.7. The SMILES string of the molecule is c1ccc(-c2nc(-c3cccc(-c4cccc5c4sc4ccccc45)c3)nc(-c3cccc4[oH+]c5c(-c6nc(-c7ccccc7)c7sc8ccccc8c7n6)cccc5c34)n2)cc1. The van der Waals surface area contributed by atoms with E-state index >= 15 is 0 Å². The summed E-state index contributed by atoms with van der Waals surface area (Å²) < 4.78 is 10.1. The van der Waals surface area contributed by atoms with Crippen LogP contribution in [0.1, 0.15) is 0 Å². The van der Waals surface area contributed by atoms with E-state index < -0.39 is 0 Å². The van der Waals surface area contributed by atoms with E-state index in [9.17, 15) is 0 Å². The Morgan fingerprint density at radius 1 is 0.349 bits per heavy atom. The molecule has 0 fully saturated rings. The van der Waals surface area contributed by atoms with E-state index in [4.69, 9.17) is 29.3 Å². The molecular formula is C55H32N5OS2+. The number of nitrogens with zero attached hydrogens (tertiary/aromatic N) is 5. The van der Waals surface area contributed by atoms with Gasteiger partial charge in [-0.15, -0.1) is 22.7 Å². The summed E-state index contributed by atoms with van der Waals surface area (Å²) in [7, 11) is 0. The molecule has 8 heteroatoms. The first-order chi connectivity index (χ1) is 31.2. The maximum Gasteiger partial charge on any atom is 0.280 e. The molecule has 1 N–H and O–H groups in total. The van der Waals surface area contributed by atoms with Gasteiger partial charge in [0, 0.05) is 58.6 Å². The number of thiophene rings is 2. The molecule has 0 aliphatic rings. The smallest absolute Gasteiger partial charge is 0.280 e. The van der Waals surface area contributed by atoms with Gasteiger partial charge in [-0.25, -0.2) is 24.9 Å². The van der Waals surface area contributed by atoms with Gasteiger partial charge in [-0.05, 0) is 47.5 Å². The molecule has 0 bridgehead atoms. The number of aromatic nitrogens is 5. The molecule has 0 amide bonds. The summed E-state index contributed by atoms with van der Waals surface area (Å²) in [5, 5.41) is 5.63. The Labute approximate surface area is 368 Å². The average molecular weight is 843 g/mol. The molecule has 13 rings (SSSR count). The highest BCUT2D eigenvalue weighted by Gasteiger charge is 2.26. The molecule has 63 heavy (non-hydrogen) atoms. The lowest BCUT2D eigenvalue weighted by Crippen LogP contribution is -2.00. The van der Waals surface area contributed by atoms with Crippen LogP contribution < -0.4 is 0 Å². The molecule has 0 saturated carbocycles. The fourth-order valence-corrected chi connectivity index (χ4v) is 11.3. The van der Waals surface area contributed by atoms with E-state index in [2.05, 4.69) is 146 Å². The van der Waals surface area contributed by atoms with Crippen molar-refractivity contribution in [3.63, 3.8) is 0 Å². The second kappa shape index (κ2) is 14.3.